The first-order valence-electron chi connectivity index (χ1n) is 20.7. The van der Waals surface area contributed by atoms with Crippen LogP contribution in [-0.2, 0) is 6.42 Å². The molecule has 5 heteroatoms. The molecule has 0 aliphatic carbocycles. The zero-order chi connectivity index (χ0) is 40.0. The number of aromatic nitrogens is 4. The van der Waals surface area contributed by atoms with Gasteiger partial charge in [0.2, 0.25) is 0 Å². The average molecular weight is 773 g/mol. The number of furan rings is 1. The molecule has 0 aliphatic heterocycles. The Bertz CT molecular complexity index is 3350. The maximum Gasteiger partial charge on any atom is 0.166 e. The third kappa shape index (κ3) is 6.23. The number of rotatable bonds is 9. The average Bonchev–Trinajstić information content (AvgIpc) is 3.86. The van der Waals surface area contributed by atoms with Crippen LogP contribution in [0.1, 0.15) is 25.3 Å². The number of aryl methyl sites for hydroxylation is 1. The second kappa shape index (κ2) is 14.9. The van der Waals surface area contributed by atoms with Crippen LogP contribution in [0.2, 0.25) is 0 Å². The first-order chi connectivity index (χ1) is 29.7. The summed E-state index contributed by atoms with van der Waals surface area (Å²) in [4.78, 5) is 15.5. The van der Waals surface area contributed by atoms with Crippen molar-refractivity contribution in [3.8, 4) is 62.1 Å². The molecule has 0 N–H and O–H groups in total. The Balaban J connectivity index is 1.09. The fourth-order valence-electron chi connectivity index (χ4n) is 8.65. The Morgan fingerprint density at radius 2 is 1.03 bits per heavy atom. The molecule has 0 amide bonds. The van der Waals surface area contributed by atoms with Crippen molar-refractivity contribution < 1.29 is 4.42 Å². The molecule has 0 aliphatic rings. The Morgan fingerprint density at radius 1 is 0.433 bits per heavy atom. The smallest absolute Gasteiger partial charge is 0.166 e. The monoisotopic (exact) mass is 772 g/mol. The van der Waals surface area contributed by atoms with Crippen molar-refractivity contribution in [2.75, 3.05) is 0 Å². The lowest BCUT2D eigenvalue weighted by Crippen LogP contribution is -2.03. The van der Waals surface area contributed by atoms with E-state index in [2.05, 4.69) is 175 Å². The highest BCUT2D eigenvalue weighted by Crippen LogP contribution is 2.41. The van der Waals surface area contributed by atoms with Crippen molar-refractivity contribution in [3.63, 3.8) is 0 Å². The van der Waals surface area contributed by atoms with Gasteiger partial charge in [-0.25, -0.2) is 15.0 Å². The molecule has 11 rings (SSSR count). The number of hydrogen-bond donors (Lipinski definition) is 0. The predicted molar refractivity (Wildman–Crippen MR) is 247 cm³/mol. The van der Waals surface area contributed by atoms with Gasteiger partial charge in [0.25, 0.3) is 0 Å². The number of benzene rings is 8. The van der Waals surface area contributed by atoms with E-state index in [0.717, 1.165) is 73.1 Å². The molecular weight excluding hydrogens is 733 g/mol. The molecule has 3 aromatic heterocycles. The molecule has 60 heavy (non-hydrogen) atoms. The highest BCUT2D eigenvalue weighted by Gasteiger charge is 2.21. The lowest BCUT2D eigenvalue weighted by Gasteiger charge is -2.15. The minimum Gasteiger partial charge on any atom is -0.455 e. The predicted octanol–water partition coefficient (Wildman–Crippen LogP) is 14.5. The standard InChI is InChI=1S/C55H40N4O/c1-2-3-15-36-26-33-51-47(34-36)45-23-14-22-42(52(45)60-51)41-31-32-44-43-20-10-12-24-48(43)59(50(44)35-41)49-25-13-11-21-46(49)55-57-53(39-18-8-5-9-19-39)56-54(58-55)40-29-27-38(28-30-40)37-16-6-4-7-17-37/h4-14,16-35H,2-3,15H2,1H3. The van der Waals surface area contributed by atoms with Crippen LogP contribution < -0.4 is 0 Å². The van der Waals surface area contributed by atoms with Crippen LogP contribution in [0.4, 0.5) is 0 Å². The van der Waals surface area contributed by atoms with E-state index < -0.39 is 0 Å². The summed E-state index contributed by atoms with van der Waals surface area (Å²) >= 11 is 0. The van der Waals surface area contributed by atoms with E-state index in [4.69, 9.17) is 19.4 Å². The minimum atomic E-state index is 0.606. The van der Waals surface area contributed by atoms with Gasteiger partial charge in [0.05, 0.1) is 16.7 Å². The molecule has 0 bridgehead atoms. The fourth-order valence-corrected chi connectivity index (χ4v) is 8.65. The number of fused-ring (bicyclic) bond motifs is 6. The zero-order valence-electron chi connectivity index (χ0n) is 33.2. The van der Waals surface area contributed by atoms with Crippen molar-refractivity contribution in [2.24, 2.45) is 0 Å². The van der Waals surface area contributed by atoms with Gasteiger partial charge in [-0.3, -0.25) is 0 Å². The number of hydrogen-bond acceptors (Lipinski definition) is 4. The number of nitrogens with zero attached hydrogens (tertiary/aromatic N) is 4. The van der Waals surface area contributed by atoms with Crippen LogP contribution in [0.25, 0.3) is 106 Å². The van der Waals surface area contributed by atoms with Crippen molar-refractivity contribution in [2.45, 2.75) is 26.2 Å². The van der Waals surface area contributed by atoms with Gasteiger partial charge in [-0.1, -0.05) is 165 Å². The van der Waals surface area contributed by atoms with E-state index in [0.29, 0.717) is 17.5 Å². The molecule has 3 heterocycles. The molecule has 0 radical (unpaired) electrons. The highest BCUT2D eigenvalue weighted by atomic mass is 16.3. The van der Waals surface area contributed by atoms with Crippen LogP contribution in [0.15, 0.2) is 192 Å². The lowest BCUT2D eigenvalue weighted by molar-refractivity contribution is 0.669. The Kier molecular flexibility index (Phi) is 8.85. The zero-order valence-corrected chi connectivity index (χ0v) is 33.2. The topological polar surface area (TPSA) is 56.7 Å². The van der Waals surface area contributed by atoms with Crippen molar-refractivity contribution in [1.82, 2.24) is 19.5 Å². The first-order valence-corrected chi connectivity index (χ1v) is 20.7. The Hall–Kier alpha value is -7.63. The SMILES string of the molecule is CCCCc1ccc2oc3c(-c4ccc5c6ccccc6n(-c6ccccc6-c6nc(-c7ccccc7)nc(-c7ccc(-c8ccccc8)cc7)n6)c5c4)cccc3c2c1. The quantitative estimate of drug-likeness (QED) is 0.147. The van der Waals surface area contributed by atoms with Gasteiger partial charge in [-0.05, 0) is 71.5 Å². The third-order valence-electron chi connectivity index (χ3n) is 11.7. The lowest BCUT2D eigenvalue weighted by atomic mass is 10.00. The van der Waals surface area contributed by atoms with Crippen molar-refractivity contribution in [1.29, 1.82) is 0 Å². The first kappa shape index (κ1) is 35.5. The molecule has 5 nitrogen and oxygen atoms in total. The summed E-state index contributed by atoms with van der Waals surface area (Å²) in [6, 6.07) is 66.1. The highest BCUT2D eigenvalue weighted by molar-refractivity contribution is 6.13. The van der Waals surface area contributed by atoms with Gasteiger partial charge in [-0.2, -0.15) is 0 Å². The maximum atomic E-state index is 6.66. The van der Waals surface area contributed by atoms with E-state index in [1.165, 1.54) is 40.1 Å². The molecule has 0 unspecified atom stereocenters. The molecule has 0 saturated heterocycles. The molecule has 0 spiro atoms. The largest absolute Gasteiger partial charge is 0.455 e. The van der Waals surface area contributed by atoms with Gasteiger partial charge in [0, 0.05) is 43.8 Å². The number of para-hydroxylation sites is 3. The van der Waals surface area contributed by atoms with Gasteiger partial charge >= 0.3 is 0 Å². The van der Waals surface area contributed by atoms with E-state index >= 15 is 0 Å². The summed E-state index contributed by atoms with van der Waals surface area (Å²) in [6.45, 7) is 2.24. The van der Waals surface area contributed by atoms with Gasteiger partial charge in [0.15, 0.2) is 17.5 Å². The van der Waals surface area contributed by atoms with Crippen LogP contribution in [0.5, 0.6) is 0 Å². The van der Waals surface area contributed by atoms with Crippen molar-refractivity contribution in [3.05, 3.63) is 194 Å². The van der Waals surface area contributed by atoms with Crippen LogP contribution in [0, 0.1) is 0 Å². The molecular formula is C55H40N4O. The maximum absolute atomic E-state index is 6.66. The summed E-state index contributed by atoms with van der Waals surface area (Å²) in [5, 5.41) is 4.65. The second-order valence-electron chi connectivity index (χ2n) is 15.4. The third-order valence-corrected chi connectivity index (χ3v) is 11.7. The summed E-state index contributed by atoms with van der Waals surface area (Å²) in [5.41, 5.74) is 13.6. The molecule has 8 aromatic carbocycles. The van der Waals surface area contributed by atoms with E-state index in [9.17, 15) is 0 Å². The van der Waals surface area contributed by atoms with Gasteiger partial charge in [-0.15, -0.1) is 0 Å². The van der Waals surface area contributed by atoms with Crippen molar-refractivity contribution >= 4 is 43.7 Å². The summed E-state index contributed by atoms with van der Waals surface area (Å²) < 4.78 is 9.02. The molecule has 286 valence electrons. The van der Waals surface area contributed by atoms with Crippen LogP contribution >= 0.6 is 0 Å². The van der Waals surface area contributed by atoms with Crippen LogP contribution in [-0.4, -0.2) is 19.5 Å². The fraction of sp³-hybridized carbons (Fsp3) is 0.0727. The van der Waals surface area contributed by atoms with E-state index in [1.54, 1.807) is 0 Å². The second-order valence-corrected chi connectivity index (χ2v) is 15.4. The summed E-state index contributed by atoms with van der Waals surface area (Å²) in [5.74, 6) is 1.85. The van der Waals surface area contributed by atoms with E-state index in [-0.39, 0.29) is 0 Å². The normalized spacial score (nSPS) is 11.6. The molecule has 0 fully saturated rings. The Morgan fingerprint density at radius 3 is 1.83 bits per heavy atom. The number of unbranched alkanes of at least 4 members (excludes halogenated alkanes) is 1. The van der Waals surface area contributed by atoms with Crippen LogP contribution in [0.3, 0.4) is 0 Å². The van der Waals surface area contributed by atoms with E-state index in [1.807, 2.05) is 24.3 Å². The molecule has 0 saturated carbocycles. The minimum absolute atomic E-state index is 0.606. The Labute approximate surface area is 348 Å². The van der Waals surface area contributed by atoms with Gasteiger partial charge < -0.3 is 8.98 Å². The van der Waals surface area contributed by atoms with Gasteiger partial charge in [0.1, 0.15) is 11.2 Å². The summed E-state index contributed by atoms with van der Waals surface area (Å²) in [6.07, 6.45) is 3.42. The molecule has 0 atom stereocenters. The molecule has 11 aromatic rings. The summed E-state index contributed by atoms with van der Waals surface area (Å²) in [7, 11) is 0.